The molecule has 3 aromatic rings. The zero-order chi connectivity index (χ0) is 20.3. The van der Waals surface area contributed by atoms with E-state index < -0.39 is 16.9 Å². The molecule has 0 atom stereocenters. The van der Waals surface area contributed by atoms with E-state index in [1.54, 1.807) is 24.3 Å². The molecular formula is C22H21FN2O4. The van der Waals surface area contributed by atoms with Crippen molar-refractivity contribution in [3.8, 4) is 11.5 Å². The fourth-order valence-electron chi connectivity index (χ4n) is 3.72. The normalized spacial score (nSPS) is 15.8. The predicted octanol–water partition coefficient (Wildman–Crippen LogP) is 3.25. The number of H-pyrrole nitrogens is 1. The molecule has 1 aliphatic rings. The van der Waals surface area contributed by atoms with Gasteiger partial charge in [-0.15, -0.1) is 0 Å². The number of amides is 1. The first-order chi connectivity index (χ1) is 14.1. The van der Waals surface area contributed by atoms with Crippen LogP contribution in [0.15, 0.2) is 64.0 Å². The van der Waals surface area contributed by atoms with Crippen LogP contribution in [0.1, 0.15) is 28.8 Å². The lowest BCUT2D eigenvalue weighted by Gasteiger charge is -2.38. The van der Waals surface area contributed by atoms with Crippen LogP contribution < -0.4 is 10.9 Å². The number of hydrogen-bond acceptors (Lipinski definition) is 4. The molecule has 1 amide bonds. The molecule has 6 nitrogen and oxygen atoms in total. The highest BCUT2D eigenvalue weighted by molar-refractivity contribution is 5.94. The number of halogens is 1. The van der Waals surface area contributed by atoms with Gasteiger partial charge in [0.15, 0.2) is 0 Å². The molecule has 0 saturated carbocycles. The maximum absolute atomic E-state index is 13.8. The Morgan fingerprint density at radius 2 is 1.97 bits per heavy atom. The van der Waals surface area contributed by atoms with Crippen molar-refractivity contribution >= 4 is 5.91 Å². The minimum absolute atomic E-state index is 0.0155. The molecule has 0 aliphatic carbocycles. The number of carbonyl (C=O) groups excluding carboxylic acids is 1. The SMILES string of the molecule is O=C(NCC1(c2cccc(F)c2)CCOCC1)c1ccc(-c2ccco2)[nH]c1=O. The van der Waals surface area contributed by atoms with Gasteiger partial charge >= 0.3 is 0 Å². The Hall–Kier alpha value is -3.19. The highest BCUT2D eigenvalue weighted by Gasteiger charge is 2.35. The number of nitrogens with one attached hydrogen (secondary N) is 2. The van der Waals surface area contributed by atoms with E-state index in [1.807, 2.05) is 6.07 Å². The van der Waals surface area contributed by atoms with Crippen molar-refractivity contribution in [2.45, 2.75) is 18.3 Å². The number of carbonyl (C=O) groups is 1. The van der Waals surface area contributed by atoms with Gasteiger partial charge < -0.3 is 19.5 Å². The smallest absolute Gasteiger partial charge is 0.261 e. The molecule has 29 heavy (non-hydrogen) atoms. The predicted molar refractivity (Wildman–Crippen MR) is 105 cm³/mol. The molecule has 0 bridgehead atoms. The number of aromatic nitrogens is 1. The van der Waals surface area contributed by atoms with Gasteiger partial charge in [0.05, 0.1) is 12.0 Å². The topological polar surface area (TPSA) is 84.3 Å². The van der Waals surface area contributed by atoms with Crippen LogP contribution in [0.4, 0.5) is 4.39 Å². The zero-order valence-corrected chi connectivity index (χ0v) is 15.7. The van der Waals surface area contributed by atoms with E-state index in [2.05, 4.69) is 10.3 Å². The summed E-state index contributed by atoms with van der Waals surface area (Å²) in [7, 11) is 0. The van der Waals surface area contributed by atoms with Crippen LogP contribution in [0.5, 0.6) is 0 Å². The van der Waals surface area contributed by atoms with Gasteiger partial charge in [0.1, 0.15) is 17.1 Å². The molecule has 2 aromatic heterocycles. The second kappa shape index (κ2) is 8.05. The third-order valence-electron chi connectivity index (χ3n) is 5.41. The Bertz CT molecular complexity index is 1050. The lowest BCUT2D eigenvalue weighted by molar-refractivity contribution is 0.0486. The number of hydrogen-bond donors (Lipinski definition) is 2. The number of aromatic amines is 1. The Balaban J connectivity index is 1.53. The Labute approximate surface area is 166 Å². The zero-order valence-electron chi connectivity index (χ0n) is 15.7. The van der Waals surface area contributed by atoms with Crippen molar-refractivity contribution < 1.29 is 18.3 Å². The van der Waals surface area contributed by atoms with Crippen LogP contribution in [0.2, 0.25) is 0 Å². The average molecular weight is 396 g/mol. The maximum atomic E-state index is 13.8. The summed E-state index contributed by atoms with van der Waals surface area (Å²) in [6.45, 7) is 1.35. The standard InChI is InChI=1S/C22H21FN2O4/c23-16-4-1-3-15(13-16)22(8-11-28-12-9-22)14-24-20(26)17-6-7-18(25-21(17)27)19-5-2-10-29-19/h1-7,10,13H,8-9,11-12,14H2,(H,24,26)(H,25,27). The molecule has 1 aromatic carbocycles. The molecule has 1 aliphatic heterocycles. The summed E-state index contributed by atoms with van der Waals surface area (Å²) in [5, 5.41) is 2.86. The van der Waals surface area contributed by atoms with Crippen LogP contribution in [0.3, 0.4) is 0 Å². The summed E-state index contributed by atoms with van der Waals surface area (Å²) in [6.07, 6.45) is 2.82. The highest BCUT2D eigenvalue weighted by atomic mass is 19.1. The summed E-state index contributed by atoms with van der Waals surface area (Å²) >= 11 is 0. The monoisotopic (exact) mass is 396 g/mol. The number of rotatable bonds is 5. The number of furan rings is 1. The van der Waals surface area contributed by atoms with Crippen molar-refractivity contribution in [2.75, 3.05) is 19.8 Å². The second-order valence-electron chi connectivity index (χ2n) is 7.18. The quantitative estimate of drug-likeness (QED) is 0.693. The van der Waals surface area contributed by atoms with Crippen molar-refractivity contribution in [1.29, 1.82) is 0 Å². The summed E-state index contributed by atoms with van der Waals surface area (Å²) in [4.78, 5) is 27.7. The van der Waals surface area contributed by atoms with E-state index >= 15 is 0 Å². The van der Waals surface area contributed by atoms with Crippen molar-refractivity contribution in [3.63, 3.8) is 0 Å². The molecular weight excluding hydrogens is 375 g/mol. The van der Waals surface area contributed by atoms with Crippen LogP contribution in [-0.2, 0) is 10.2 Å². The molecule has 1 saturated heterocycles. The van der Waals surface area contributed by atoms with Gasteiger partial charge in [0.2, 0.25) is 0 Å². The Morgan fingerprint density at radius 1 is 1.14 bits per heavy atom. The number of benzene rings is 1. The van der Waals surface area contributed by atoms with Crippen molar-refractivity contribution in [2.24, 2.45) is 0 Å². The minimum Gasteiger partial charge on any atom is -0.463 e. The van der Waals surface area contributed by atoms with Crippen LogP contribution >= 0.6 is 0 Å². The van der Waals surface area contributed by atoms with Gasteiger partial charge in [-0.1, -0.05) is 12.1 Å². The fourth-order valence-corrected chi connectivity index (χ4v) is 3.72. The van der Waals surface area contributed by atoms with Gasteiger partial charge in [0.25, 0.3) is 11.5 Å². The molecule has 7 heteroatoms. The third kappa shape index (κ3) is 4.00. The second-order valence-corrected chi connectivity index (χ2v) is 7.18. The van der Waals surface area contributed by atoms with E-state index in [0.717, 1.165) is 5.56 Å². The summed E-state index contributed by atoms with van der Waals surface area (Å²) < 4.78 is 24.5. The first-order valence-electron chi connectivity index (χ1n) is 9.47. The molecule has 2 N–H and O–H groups in total. The molecule has 150 valence electrons. The van der Waals surface area contributed by atoms with E-state index in [4.69, 9.17) is 9.15 Å². The van der Waals surface area contributed by atoms with Gasteiger partial charge in [-0.3, -0.25) is 9.59 Å². The molecule has 0 spiro atoms. The van der Waals surface area contributed by atoms with Crippen LogP contribution in [0.25, 0.3) is 11.5 Å². The summed E-state index contributed by atoms with van der Waals surface area (Å²) in [5.41, 5.74) is 0.405. The molecule has 3 heterocycles. The summed E-state index contributed by atoms with van der Waals surface area (Å²) in [5.74, 6) is -0.273. The first-order valence-corrected chi connectivity index (χ1v) is 9.47. The average Bonchev–Trinajstić information content (AvgIpc) is 3.28. The van der Waals surface area contributed by atoms with Gasteiger partial charge in [-0.05, 0) is 54.8 Å². The largest absolute Gasteiger partial charge is 0.463 e. The molecule has 4 rings (SSSR count). The number of ether oxygens (including phenoxy) is 1. The fraction of sp³-hybridized carbons (Fsp3) is 0.273. The van der Waals surface area contributed by atoms with Gasteiger partial charge in [0, 0.05) is 25.2 Å². The van der Waals surface area contributed by atoms with E-state index in [9.17, 15) is 14.0 Å². The summed E-state index contributed by atoms with van der Waals surface area (Å²) in [6, 6.07) is 13.0. The van der Waals surface area contributed by atoms with E-state index in [0.29, 0.717) is 37.5 Å². The van der Waals surface area contributed by atoms with Crippen molar-refractivity contribution in [3.05, 3.63) is 82.1 Å². The minimum atomic E-state index is -0.497. The van der Waals surface area contributed by atoms with E-state index in [-0.39, 0.29) is 17.9 Å². The van der Waals surface area contributed by atoms with Crippen LogP contribution in [0, 0.1) is 5.82 Å². The first kappa shape index (κ1) is 19.1. The lowest BCUT2D eigenvalue weighted by atomic mass is 9.74. The van der Waals surface area contributed by atoms with E-state index in [1.165, 1.54) is 24.5 Å². The molecule has 0 radical (unpaired) electrons. The number of pyridine rings is 1. The maximum Gasteiger partial charge on any atom is 0.261 e. The van der Waals surface area contributed by atoms with Gasteiger partial charge in [-0.25, -0.2) is 4.39 Å². The Kier molecular flexibility index (Phi) is 5.31. The highest BCUT2D eigenvalue weighted by Crippen LogP contribution is 2.34. The van der Waals surface area contributed by atoms with Crippen molar-refractivity contribution in [1.82, 2.24) is 10.3 Å². The third-order valence-corrected chi connectivity index (χ3v) is 5.41. The van der Waals surface area contributed by atoms with Gasteiger partial charge in [-0.2, -0.15) is 0 Å². The Morgan fingerprint density at radius 3 is 2.66 bits per heavy atom. The van der Waals surface area contributed by atoms with Crippen LogP contribution in [-0.4, -0.2) is 30.6 Å². The molecule has 1 fully saturated rings. The molecule has 0 unspecified atom stereocenters. The lowest BCUT2D eigenvalue weighted by Crippen LogP contribution is -2.45.